The van der Waals surface area contributed by atoms with Crippen LogP contribution in [0, 0.1) is 5.92 Å². The van der Waals surface area contributed by atoms with E-state index >= 15 is 0 Å². The van der Waals surface area contributed by atoms with Crippen molar-refractivity contribution >= 4 is 12.4 Å². The number of nitrogens with one attached hydrogen (secondary N) is 1. The summed E-state index contributed by atoms with van der Waals surface area (Å²) in [5.41, 5.74) is 1.27. The lowest BCUT2D eigenvalue weighted by Gasteiger charge is -2.28. The molecule has 0 bridgehead atoms. The fourth-order valence-corrected chi connectivity index (χ4v) is 1.84. The van der Waals surface area contributed by atoms with Gasteiger partial charge in [-0.15, -0.1) is 12.4 Å². The zero-order valence-electron chi connectivity index (χ0n) is 10.3. The molecule has 0 aliphatic carbocycles. The quantitative estimate of drug-likeness (QED) is 0.901. The summed E-state index contributed by atoms with van der Waals surface area (Å²) >= 11 is 0. The van der Waals surface area contributed by atoms with Gasteiger partial charge in [0.15, 0.2) is 0 Å². The van der Waals surface area contributed by atoms with Crippen molar-refractivity contribution in [1.29, 1.82) is 0 Å². The van der Waals surface area contributed by atoms with E-state index in [-0.39, 0.29) is 18.6 Å². The topological polar surface area (TPSA) is 30.5 Å². The smallest absolute Gasteiger partial charge is 0.118 e. The average Bonchev–Trinajstić information content (AvgIpc) is 2.33. The first kappa shape index (κ1) is 14.3. The van der Waals surface area contributed by atoms with E-state index in [1.54, 1.807) is 7.11 Å². The molecule has 1 fully saturated rings. The molecule has 1 saturated heterocycles. The summed E-state index contributed by atoms with van der Waals surface area (Å²) in [6, 6.07) is 8.14. The Morgan fingerprint density at radius 1 is 1.35 bits per heavy atom. The second-order valence-electron chi connectivity index (χ2n) is 4.39. The van der Waals surface area contributed by atoms with Gasteiger partial charge in [0.25, 0.3) is 0 Å². The monoisotopic (exact) mass is 257 g/mol. The third-order valence-corrected chi connectivity index (χ3v) is 2.86. The molecule has 2 unspecified atom stereocenters. The summed E-state index contributed by atoms with van der Waals surface area (Å²) in [6.07, 6.45) is 1.07. The minimum atomic E-state index is 0. The fraction of sp³-hybridized carbons (Fsp3) is 0.538. The van der Waals surface area contributed by atoms with Gasteiger partial charge in [0.2, 0.25) is 0 Å². The number of methoxy groups -OCH3 is 1. The second-order valence-corrected chi connectivity index (χ2v) is 4.39. The Kier molecular flexibility index (Phi) is 5.75. The van der Waals surface area contributed by atoms with Crippen molar-refractivity contribution in [2.45, 2.75) is 19.6 Å². The van der Waals surface area contributed by atoms with Crippen LogP contribution in [0.25, 0.3) is 0 Å². The first-order chi connectivity index (χ1) is 7.78. The van der Waals surface area contributed by atoms with Crippen LogP contribution in [-0.2, 0) is 11.2 Å². The van der Waals surface area contributed by atoms with Gasteiger partial charge in [-0.1, -0.05) is 19.1 Å². The van der Waals surface area contributed by atoms with Gasteiger partial charge >= 0.3 is 0 Å². The molecule has 0 spiro atoms. The number of hydrogen-bond acceptors (Lipinski definition) is 3. The highest BCUT2D eigenvalue weighted by Crippen LogP contribution is 2.14. The van der Waals surface area contributed by atoms with Crippen LogP contribution in [0.5, 0.6) is 5.75 Å². The van der Waals surface area contributed by atoms with Crippen molar-refractivity contribution in [2.75, 3.05) is 20.3 Å². The molecule has 4 heteroatoms. The highest BCUT2D eigenvalue weighted by molar-refractivity contribution is 5.85. The van der Waals surface area contributed by atoms with E-state index in [0.29, 0.717) is 5.92 Å². The second kappa shape index (κ2) is 6.84. The molecular weight excluding hydrogens is 238 g/mol. The Balaban J connectivity index is 0.00000144. The van der Waals surface area contributed by atoms with Gasteiger partial charge < -0.3 is 9.47 Å². The predicted octanol–water partition coefficient (Wildman–Crippen LogP) is 2.24. The number of ether oxygens (including phenoxy) is 2. The van der Waals surface area contributed by atoms with Crippen LogP contribution in [-0.4, -0.2) is 26.5 Å². The molecule has 1 aromatic carbocycles. The average molecular weight is 258 g/mol. The third-order valence-electron chi connectivity index (χ3n) is 2.86. The van der Waals surface area contributed by atoms with E-state index in [9.17, 15) is 0 Å². The first-order valence-corrected chi connectivity index (χ1v) is 5.76. The van der Waals surface area contributed by atoms with Crippen LogP contribution in [0.15, 0.2) is 24.3 Å². The first-order valence-electron chi connectivity index (χ1n) is 5.76. The maximum absolute atomic E-state index is 5.71. The van der Waals surface area contributed by atoms with Crippen LogP contribution in [0.1, 0.15) is 12.5 Å². The molecule has 2 atom stereocenters. The molecule has 0 saturated carbocycles. The molecule has 96 valence electrons. The molecule has 1 heterocycles. The van der Waals surface area contributed by atoms with Gasteiger partial charge in [0, 0.05) is 13.0 Å². The van der Waals surface area contributed by atoms with Crippen molar-refractivity contribution in [3.05, 3.63) is 29.8 Å². The van der Waals surface area contributed by atoms with E-state index < -0.39 is 0 Å². The molecule has 17 heavy (non-hydrogen) atoms. The predicted molar refractivity (Wildman–Crippen MR) is 70.9 cm³/mol. The molecule has 0 aromatic heterocycles. The Hall–Kier alpha value is -0.770. The van der Waals surface area contributed by atoms with E-state index in [0.717, 1.165) is 25.3 Å². The molecule has 2 rings (SSSR count). The van der Waals surface area contributed by atoms with Crippen LogP contribution in [0.2, 0.25) is 0 Å². The van der Waals surface area contributed by atoms with Gasteiger partial charge in [-0.05, 0) is 23.6 Å². The van der Waals surface area contributed by atoms with E-state index in [1.165, 1.54) is 5.56 Å². The lowest BCUT2D eigenvalue weighted by Crippen LogP contribution is -2.43. The number of rotatable bonds is 3. The highest BCUT2D eigenvalue weighted by atomic mass is 35.5. The zero-order chi connectivity index (χ0) is 11.4. The zero-order valence-corrected chi connectivity index (χ0v) is 11.1. The van der Waals surface area contributed by atoms with Crippen LogP contribution in [0.4, 0.5) is 0 Å². The van der Waals surface area contributed by atoms with Crippen molar-refractivity contribution in [1.82, 2.24) is 5.32 Å². The molecule has 1 aliphatic rings. The van der Waals surface area contributed by atoms with Crippen molar-refractivity contribution in [2.24, 2.45) is 5.92 Å². The van der Waals surface area contributed by atoms with Crippen molar-refractivity contribution in [3.63, 3.8) is 0 Å². The molecular formula is C13H20ClNO2. The third kappa shape index (κ3) is 4.19. The van der Waals surface area contributed by atoms with Crippen LogP contribution in [0.3, 0.4) is 0 Å². The molecule has 3 nitrogen and oxygen atoms in total. The largest absolute Gasteiger partial charge is 0.497 e. The summed E-state index contributed by atoms with van der Waals surface area (Å²) in [6.45, 7) is 4.09. The van der Waals surface area contributed by atoms with Crippen molar-refractivity contribution in [3.8, 4) is 5.75 Å². The minimum absolute atomic E-state index is 0. The summed E-state index contributed by atoms with van der Waals surface area (Å²) in [5, 5.41) is 3.39. The summed E-state index contributed by atoms with van der Waals surface area (Å²) < 4.78 is 10.8. The van der Waals surface area contributed by atoms with Gasteiger partial charge in [-0.25, -0.2) is 0 Å². The number of halogens is 1. The van der Waals surface area contributed by atoms with E-state index in [4.69, 9.17) is 9.47 Å². The number of hydrogen-bond donors (Lipinski definition) is 1. The Morgan fingerprint density at radius 2 is 2.06 bits per heavy atom. The fourth-order valence-electron chi connectivity index (χ4n) is 1.84. The molecule has 0 radical (unpaired) electrons. The van der Waals surface area contributed by atoms with E-state index in [2.05, 4.69) is 24.4 Å². The summed E-state index contributed by atoms with van der Waals surface area (Å²) in [4.78, 5) is 0. The number of benzene rings is 1. The SMILES string of the molecule is COc1ccc(CC2NCC(C)CO2)cc1.Cl. The lowest BCUT2D eigenvalue weighted by atomic mass is 10.1. The van der Waals surface area contributed by atoms with Crippen molar-refractivity contribution < 1.29 is 9.47 Å². The Labute approximate surface area is 109 Å². The lowest BCUT2D eigenvalue weighted by molar-refractivity contribution is -0.0228. The van der Waals surface area contributed by atoms with Gasteiger partial charge in [-0.2, -0.15) is 0 Å². The minimum Gasteiger partial charge on any atom is -0.497 e. The summed E-state index contributed by atoms with van der Waals surface area (Å²) in [5.74, 6) is 1.52. The molecule has 1 N–H and O–H groups in total. The molecule has 1 aromatic rings. The maximum Gasteiger partial charge on any atom is 0.118 e. The van der Waals surface area contributed by atoms with Gasteiger partial charge in [0.05, 0.1) is 13.7 Å². The standard InChI is InChI=1S/C13H19NO2.ClH/c1-10-8-14-13(16-9-10)7-11-3-5-12(15-2)6-4-11;/h3-6,10,13-14H,7-9H2,1-2H3;1H. The Morgan fingerprint density at radius 3 is 2.59 bits per heavy atom. The highest BCUT2D eigenvalue weighted by Gasteiger charge is 2.17. The molecule has 1 aliphatic heterocycles. The molecule has 0 amide bonds. The van der Waals surface area contributed by atoms with Gasteiger partial charge in [-0.3, -0.25) is 5.32 Å². The summed E-state index contributed by atoms with van der Waals surface area (Å²) in [7, 11) is 1.68. The van der Waals surface area contributed by atoms with Crippen LogP contribution < -0.4 is 10.1 Å². The maximum atomic E-state index is 5.71. The normalized spacial score (nSPS) is 23.9. The van der Waals surface area contributed by atoms with E-state index in [1.807, 2.05) is 12.1 Å². The Bertz CT molecular complexity index is 321. The van der Waals surface area contributed by atoms with Crippen LogP contribution >= 0.6 is 12.4 Å². The van der Waals surface area contributed by atoms with Gasteiger partial charge in [0.1, 0.15) is 12.0 Å².